The molecule has 2 amide bonds. The standard InChI is InChI=1S/C20H14ClF3N2O3/c21-13-5-3-12(4-6-13)10-18(27)26-16-8-7-14(11-15(16)20(22,23)24)25-19(28)17-2-1-9-29-17/h1-9,11H,10H2,(H,25,28)(H,26,27). The lowest BCUT2D eigenvalue weighted by Gasteiger charge is -2.16. The van der Waals surface area contributed by atoms with Crippen molar-refractivity contribution in [2.45, 2.75) is 12.6 Å². The van der Waals surface area contributed by atoms with Crippen LogP contribution in [0.3, 0.4) is 0 Å². The maximum Gasteiger partial charge on any atom is 0.418 e. The normalized spacial score (nSPS) is 11.2. The van der Waals surface area contributed by atoms with E-state index in [4.69, 9.17) is 16.0 Å². The number of anilines is 2. The first-order valence-corrected chi connectivity index (χ1v) is 8.70. The maximum atomic E-state index is 13.5. The predicted molar refractivity (Wildman–Crippen MR) is 102 cm³/mol. The van der Waals surface area contributed by atoms with Crippen molar-refractivity contribution in [1.29, 1.82) is 0 Å². The number of benzene rings is 2. The minimum Gasteiger partial charge on any atom is -0.459 e. The van der Waals surface area contributed by atoms with Crippen molar-refractivity contribution < 1.29 is 27.2 Å². The van der Waals surface area contributed by atoms with Crippen LogP contribution < -0.4 is 10.6 Å². The minimum absolute atomic E-state index is 0.0427. The van der Waals surface area contributed by atoms with Gasteiger partial charge in [0, 0.05) is 10.7 Å². The summed E-state index contributed by atoms with van der Waals surface area (Å²) in [7, 11) is 0. The van der Waals surface area contributed by atoms with E-state index in [1.54, 1.807) is 24.3 Å². The molecule has 0 saturated heterocycles. The molecule has 9 heteroatoms. The Kier molecular flexibility index (Phi) is 5.93. The number of hydrogen-bond donors (Lipinski definition) is 2. The Morgan fingerprint density at radius 3 is 2.34 bits per heavy atom. The topological polar surface area (TPSA) is 71.3 Å². The van der Waals surface area contributed by atoms with Crippen LogP contribution in [0.4, 0.5) is 24.5 Å². The van der Waals surface area contributed by atoms with Gasteiger partial charge in [-0.15, -0.1) is 0 Å². The summed E-state index contributed by atoms with van der Waals surface area (Å²) in [5.41, 5.74) is -0.983. The SMILES string of the molecule is O=C(Cc1ccc(Cl)cc1)Nc1ccc(NC(=O)c2ccco2)cc1C(F)(F)F. The van der Waals surface area contributed by atoms with Crippen LogP contribution in [-0.4, -0.2) is 11.8 Å². The van der Waals surface area contributed by atoms with Crippen LogP contribution in [0.1, 0.15) is 21.7 Å². The van der Waals surface area contributed by atoms with Crippen molar-refractivity contribution in [3.05, 3.63) is 82.8 Å². The molecule has 0 aliphatic carbocycles. The van der Waals surface area contributed by atoms with E-state index in [0.29, 0.717) is 10.6 Å². The van der Waals surface area contributed by atoms with Crippen LogP contribution in [-0.2, 0) is 17.4 Å². The Bertz CT molecular complexity index is 1020. The Hall–Kier alpha value is -3.26. The number of furan rings is 1. The molecule has 0 fully saturated rings. The van der Waals surface area contributed by atoms with E-state index in [2.05, 4.69) is 10.6 Å². The largest absolute Gasteiger partial charge is 0.459 e. The number of alkyl halides is 3. The van der Waals surface area contributed by atoms with Crippen molar-refractivity contribution >= 4 is 34.8 Å². The van der Waals surface area contributed by atoms with E-state index in [1.165, 1.54) is 24.5 Å². The van der Waals surface area contributed by atoms with E-state index in [0.717, 1.165) is 12.1 Å². The van der Waals surface area contributed by atoms with Gasteiger partial charge in [-0.2, -0.15) is 13.2 Å². The van der Waals surface area contributed by atoms with Gasteiger partial charge < -0.3 is 15.1 Å². The summed E-state index contributed by atoms with van der Waals surface area (Å²) in [6, 6.07) is 12.3. The molecule has 0 aliphatic rings. The molecular weight excluding hydrogens is 409 g/mol. The molecular formula is C20H14ClF3N2O3. The van der Waals surface area contributed by atoms with Gasteiger partial charge in [0.05, 0.1) is 23.9 Å². The second-order valence-corrected chi connectivity index (χ2v) is 6.48. The third kappa shape index (κ3) is 5.39. The van der Waals surface area contributed by atoms with Crippen LogP contribution in [0.15, 0.2) is 65.3 Å². The number of amides is 2. The summed E-state index contributed by atoms with van der Waals surface area (Å²) in [5.74, 6) is -1.35. The third-order valence-corrected chi connectivity index (χ3v) is 4.13. The molecule has 1 aromatic heterocycles. The fraction of sp³-hybridized carbons (Fsp3) is 0.100. The molecule has 3 rings (SSSR count). The molecule has 2 N–H and O–H groups in total. The van der Waals surface area contributed by atoms with Crippen LogP contribution in [0.25, 0.3) is 0 Å². The Labute approximate surface area is 168 Å². The molecule has 3 aromatic rings. The smallest absolute Gasteiger partial charge is 0.418 e. The number of carbonyl (C=O) groups is 2. The van der Waals surface area contributed by atoms with Crippen molar-refractivity contribution in [2.24, 2.45) is 0 Å². The molecule has 1 heterocycles. The van der Waals surface area contributed by atoms with E-state index < -0.39 is 29.2 Å². The lowest BCUT2D eigenvalue weighted by atomic mass is 10.1. The molecule has 0 saturated carbocycles. The first kappa shape index (κ1) is 20.5. The van der Waals surface area contributed by atoms with Gasteiger partial charge in [-0.1, -0.05) is 23.7 Å². The third-order valence-electron chi connectivity index (χ3n) is 3.88. The molecule has 150 valence electrons. The second kappa shape index (κ2) is 8.40. The fourth-order valence-electron chi connectivity index (χ4n) is 2.55. The Morgan fingerprint density at radius 1 is 1.00 bits per heavy atom. The zero-order chi connectivity index (χ0) is 21.0. The van der Waals surface area contributed by atoms with Crippen molar-refractivity contribution in [3.8, 4) is 0 Å². The first-order chi connectivity index (χ1) is 13.7. The van der Waals surface area contributed by atoms with Crippen LogP contribution >= 0.6 is 11.6 Å². The van der Waals surface area contributed by atoms with E-state index in [1.807, 2.05) is 0 Å². The summed E-state index contributed by atoms with van der Waals surface area (Å²) < 4.78 is 45.3. The number of nitrogens with one attached hydrogen (secondary N) is 2. The van der Waals surface area contributed by atoms with Crippen LogP contribution in [0.2, 0.25) is 5.02 Å². The highest BCUT2D eigenvalue weighted by Crippen LogP contribution is 2.36. The summed E-state index contributed by atoms with van der Waals surface area (Å²) in [4.78, 5) is 24.1. The van der Waals surface area contributed by atoms with Gasteiger partial charge in [0.2, 0.25) is 5.91 Å². The quantitative estimate of drug-likeness (QED) is 0.579. The van der Waals surface area contributed by atoms with E-state index >= 15 is 0 Å². The van der Waals surface area contributed by atoms with Gasteiger partial charge >= 0.3 is 6.18 Å². The molecule has 29 heavy (non-hydrogen) atoms. The van der Waals surface area contributed by atoms with Crippen LogP contribution in [0.5, 0.6) is 0 Å². The highest BCUT2D eigenvalue weighted by Gasteiger charge is 2.34. The minimum atomic E-state index is -4.74. The number of hydrogen-bond acceptors (Lipinski definition) is 3. The second-order valence-electron chi connectivity index (χ2n) is 6.04. The van der Waals surface area contributed by atoms with E-state index in [9.17, 15) is 22.8 Å². The lowest BCUT2D eigenvalue weighted by Crippen LogP contribution is -2.19. The summed E-state index contributed by atoms with van der Waals surface area (Å²) >= 11 is 5.77. The fourth-order valence-corrected chi connectivity index (χ4v) is 2.67. The summed E-state index contributed by atoms with van der Waals surface area (Å²) in [6.45, 7) is 0. The van der Waals surface area contributed by atoms with Gasteiger partial charge in [-0.3, -0.25) is 9.59 Å². The monoisotopic (exact) mass is 422 g/mol. The van der Waals surface area contributed by atoms with Crippen molar-refractivity contribution in [2.75, 3.05) is 10.6 Å². The molecule has 0 bridgehead atoms. The zero-order valence-electron chi connectivity index (χ0n) is 14.7. The number of halogens is 4. The molecule has 5 nitrogen and oxygen atoms in total. The number of rotatable bonds is 5. The van der Waals surface area contributed by atoms with Crippen molar-refractivity contribution in [3.63, 3.8) is 0 Å². The average Bonchev–Trinajstić information content (AvgIpc) is 3.19. The van der Waals surface area contributed by atoms with Crippen LogP contribution in [0, 0.1) is 0 Å². The zero-order valence-corrected chi connectivity index (χ0v) is 15.5. The van der Waals surface area contributed by atoms with Gasteiger partial charge in [-0.05, 0) is 48.0 Å². The molecule has 0 atom stereocenters. The lowest BCUT2D eigenvalue weighted by molar-refractivity contribution is -0.136. The molecule has 0 aliphatic heterocycles. The van der Waals surface area contributed by atoms with Gasteiger partial charge in [0.25, 0.3) is 5.91 Å². The average molecular weight is 423 g/mol. The molecule has 0 radical (unpaired) electrons. The predicted octanol–water partition coefficient (Wildman–Crippen LogP) is 5.39. The molecule has 0 unspecified atom stereocenters. The van der Waals surface area contributed by atoms with Crippen molar-refractivity contribution in [1.82, 2.24) is 0 Å². The molecule has 2 aromatic carbocycles. The summed E-state index contributed by atoms with van der Waals surface area (Å²) in [6.07, 6.45) is -3.59. The highest BCUT2D eigenvalue weighted by molar-refractivity contribution is 6.30. The number of carbonyl (C=O) groups excluding carboxylic acids is 2. The summed E-state index contributed by atoms with van der Waals surface area (Å²) in [5, 5.41) is 5.08. The van der Waals surface area contributed by atoms with Gasteiger partial charge in [0.15, 0.2) is 5.76 Å². The Morgan fingerprint density at radius 2 is 1.72 bits per heavy atom. The van der Waals surface area contributed by atoms with Gasteiger partial charge in [-0.25, -0.2) is 0 Å². The highest BCUT2D eigenvalue weighted by atomic mass is 35.5. The first-order valence-electron chi connectivity index (χ1n) is 8.33. The molecule has 0 spiro atoms. The van der Waals surface area contributed by atoms with E-state index in [-0.39, 0.29) is 17.9 Å². The van der Waals surface area contributed by atoms with Gasteiger partial charge in [0.1, 0.15) is 0 Å². The maximum absolute atomic E-state index is 13.5. The Balaban J connectivity index is 1.78.